The smallest absolute Gasteiger partial charge is 0.271 e. The van der Waals surface area contributed by atoms with Crippen LogP contribution in [0.3, 0.4) is 0 Å². The Kier molecular flexibility index (Phi) is 5.27. The van der Waals surface area contributed by atoms with Crippen molar-refractivity contribution in [2.75, 3.05) is 26.2 Å². The van der Waals surface area contributed by atoms with Crippen molar-refractivity contribution in [3.05, 3.63) is 23.8 Å². The predicted molar refractivity (Wildman–Crippen MR) is 74.0 cm³/mol. The van der Waals surface area contributed by atoms with Crippen LogP contribution >= 0.6 is 0 Å². The van der Waals surface area contributed by atoms with Gasteiger partial charge >= 0.3 is 0 Å². The molecule has 1 saturated heterocycles. The van der Waals surface area contributed by atoms with Crippen LogP contribution < -0.4 is 5.32 Å². The first-order valence-electron chi connectivity index (χ1n) is 7.05. The molecule has 1 aromatic heterocycles. The average molecular weight is 262 g/mol. The summed E-state index contributed by atoms with van der Waals surface area (Å²) in [5.74, 6) is -0.133. The van der Waals surface area contributed by atoms with Crippen LogP contribution in [0.2, 0.25) is 0 Å². The van der Waals surface area contributed by atoms with E-state index in [1.54, 1.807) is 6.20 Å². The van der Waals surface area contributed by atoms with Gasteiger partial charge < -0.3 is 10.2 Å². The summed E-state index contributed by atoms with van der Waals surface area (Å²) < 4.78 is 0. The molecule has 1 amide bonds. The second-order valence-corrected chi connectivity index (χ2v) is 5.05. The van der Waals surface area contributed by atoms with Gasteiger partial charge in [-0.05, 0) is 45.8 Å². The van der Waals surface area contributed by atoms with Crippen LogP contribution in [0, 0.1) is 6.92 Å². The number of nitrogens with zero attached hydrogens (tertiary/aromatic N) is 3. The molecule has 0 radical (unpaired) electrons. The number of piperidine rings is 1. The van der Waals surface area contributed by atoms with Gasteiger partial charge in [-0.3, -0.25) is 9.78 Å². The number of likely N-dealkylation sites (tertiary alicyclic amines) is 1. The Balaban J connectivity index is 1.64. The van der Waals surface area contributed by atoms with E-state index in [9.17, 15) is 4.79 Å². The molecule has 19 heavy (non-hydrogen) atoms. The van der Waals surface area contributed by atoms with Gasteiger partial charge in [0.05, 0.1) is 11.9 Å². The number of aromatic nitrogens is 2. The monoisotopic (exact) mass is 262 g/mol. The summed E-state index contributed by atoms with van der Waals surface area (Å²) in [6, 6.07) is 0. The Labute approximate surface area is 114 Å². The zero-order valence-electron chi connectivity index (χ0n) is 11.6. The minimum Gasteiger partial charge on any atom is -0.351 e. The van der Waals surface area contributed by atoms with Gasteiger partial charge in [-0.2, -0.15) is 0 Å². The van der Waals surface area contributed by atoms with E-state index < -0.39 is 0 Å². The summed E-state index contributed by atoms with van der Waals surface area (Å²) in [5.41, 5.74) is 1.21. The number of hydrogen-bond donors (Lipinski definition) is 1. The third-order valence-corrected chi connectivity index (χ3v) is 3.40. The number of carbonyl (C=O) groups excluding carboxylic acids is 1. The van der Waals surface area contributed by atoms with Gasteiger partial charge in [0.15, 0.2) is 0 Å². The van der Waals surface area contributed by atoms with Crippen LogP contribution in [-0.2, 0) is 0 Å². The van der Waals surface area contributed by atoms with E-state index >= 15 is 0 Å². The molecule has 0 spiro atoms. The molecule has 2 rings (SSSR count). The first-order valence-corrected chi connectivity index (χ1v) is 7.05. The maximum Gasteiger partial charge on any atom is 0.271 e. The Hall–Kier alpha value is -1.49. The normalized spacial score (nSPS) is 16.3. The summed E-state index contributed by atoms with van der Waals surface area (Å²) in [6.07, 6.45) is 8.11. The molecular weight excluding hydrogens is 240 g/mol. The first-order chi connectivity index (χ1) is 9.25. The van der Waals surface area contributed by atoms with E-state index in [-0.39, 0.29) is 5.91 Å². The van der Waals surface area contributed by atoms with E-state index in [0.29, 0.717) is 12.2 Å². The zero-order chi connectivity index (χ0) is 13.5. The fourth-order valence-electron chi connectivity index (χ4n) is 2.29. The Bertz CT molecular complexity index is 398. The highest BCUT2D eigenvalue weighted by Crippen LogP contribution is 2.08. The molecule has 1 aromatic rings. The summed E-state index contributed by atoms with van der Waals surface area (Å²) in [5, 5.41) is 2.89. The zero-order valence-corrected chi connectivity index (χ0v) is 11.6. The van der Waals surface area contributed by atoms with Gasteiger partial charge in [0, 0.05) is 12.7 Å². The van der Waals surface area contributed by atoms with Crippen LogP contribution in [0.25, 0.3) is 0 Å². The molecule has 1 N–H and O–H groups in total. The van der Waals surface area contributed by atoms with E-state index in [0.717, 1.165) is 18.7 Å². The molecule has 104 valence electrons. The molecule has 1 fully saturated rings. The molecule has 0 unspecified atom stereocenters. The van der Waals surface area contributed by atoms with Gasteiger partial charge in [0.1, 0.15) is 5.69 Å². The Morgan fingerprint density at radius 2 is 2.05 bits per heavy atom. The van der Waals surface area contributed by atoms with Crippen molar-refractivity contribution in [1.82, 2.24) is 20.2 Å². The van der Waals surface area contributed by atoms with Crippen molar-refractivity contribution in [2.24, 2.45) is 0 Å². The molecule has 0 bridgehead atoms. The highest BCUT2D eigenvalue weighted by Gasteiger charge is 2.10. The molecule has 5 heteroatoms. The minimum atomic E-state index is -0.133. The largest absolute Gasteiger partial charge is 0.351 e. The predicted octanol–water partition coefficient (Wildman–Crippen LogP) is 1.39. The Morgan fingerprint density at radius 1 is 1.26 bits per heavy atom. The highest BCUT2D eigenvalue weighted by molar-refractivity contribution is 5.91. The average Bonchev–Trinajstić information content (AvgIpc) is 2.45. The second-order valence-electron chi connectivity index (χ2n) is 5.05. The number of amides is 1. The van der Waals surface area contributed by atoms with Gasteiger partial charge in [-0.25, -0.2) is 4.98 Å². The second kappa shape index (κ2) is 7.19. The maximum absolute atomic E-state index is 11.8. The molecule has 5 nitrogen and oxygen atoms in total. The van der Waals surface area contributed by atoms with Crippen LogP contribution in [-0.4, -0.2) is 47.0 Å². The number of carbonyl (C=O) groups is 1. The Morgan fingerprint density at radius 3 is 2.74 bits per heavy atom. The topological polar surface area (TPSA) is 58.1 Å². The molecule has 0 aromatic carbocycles. The van der Waals surface area contributed by atoms with Gasteiger partial charge in [0.2, 0.25) is 0 Å². The number of rotatable bonds is 5. The van der Waals surface area contributed by atoms with Gasteiger partial charge in [-0.1, -0.05) is 6.42 Å². The van der Waals surface area contributed by atoms with Crippen molar-refractivity contribution >= 4 is 5.91 Å². The van der Waals surface area contributed by atoms with Gasteiger partial charge in [0.25, 0.3) is 5.91 Å². The summed E-state index contributed by atoms with van der Waals surface area (Å²) in [6.45, 7) is 6.03. The van der Waals surface area contributed by atoms with Crippen molar-refractivity contribution < 1.29 is 4.79 Å². The molecule has 0 aliphatic carbocycles. The van der Waals surface area contributed by atoms with E-state index in [4.69, 9.17) is 0 Å². The van der Waals surface area contributed by atoms with Crippen molar-refractivity contribution in [1.29, 1.82) is 0 Å². The number of aryl methyl sites for hydroxylation is 1. The van der Waals surface area contributed by atoms with Crippen LogP contribution in [0.1, 0.15) is 41.9 Å². The summed E-state index contributed by atoms with van der Waals surface area (Å²) >= 11 is 0. The lowest BCUT2D eigenvalue weighted by molar-refractivity contribution is 0.0945. The maximum atomic E-state index is 11.8. The summed E-state index contributed by atoms with van der Waals surface area (Å²) in [7, 11) is 0. The molecule has 1 aliphatic heterocycles. The SMILES string of the molecule is Cc1cnc(C(=O)NCCCN2CCCCC2)cn1. The molecule has 0 atom stereocenters. The van der Waals surface area contributed by atoms with Crippen LogP contribution in [0.5, 0.6) is 0 Å². The van der Waals surface area contributed by atoms with E-state index in [2.05, 4.69) is 20.2 Å². The van der Waals surface area contributed by atoms with Gasteiger partial charge in [-0.15, -0.1) is 0 Å². The molecule has 0 saturated carbocycles. The van der Waals surface area contributed by atoms with Crippen molar-refractivity contribution in [3.8, 4) is 0 Å². The van der Waals surface area contributed by atoms with Crippen LogP contribution in [0.15, 0.2) is 12.4 Å². The van der Waals surface area contributed by atoms with Crippen LogP contribution in [0.4, 0.5) is 0 Å². The lowest BCUT2D eigenvalue weighted by atomic mass is 10.1. The lowest BCUT2D eigenvalue weighted by Crippen LogP contribution is -2.33. The first kappa shape index (κ1) is 13.9. The lowest BCUT2D eigenvalue weighted by Gasteiger charge is -2.26. The highest BCUT2D eigenvalue weighted by atomic mass is 16.1. The van der Waals surface area contributed by atoms with Crippen molar-refractivity contribution in [2.45, 2.75) is 32.6 Å². The molecule has 1 aliphatic rings. The third kappa shape index (κ3) is 4.59. The number of nitrogens with one attached hydrogen (secondary N) is 1. The molecule has 2 heterocycles. The number of hydrogen-bond acceptors (Lipinski definition) is 4. The third-order valence-electron chi connectivity index (χ3n) is 3.40. The van der Waals surface area contributed by atoms with E-state index in [1.807, 2.05) is 6.92 Å². The fraction of sp³-hybridized carbons (Fsp3) is 0.643. The quantitative estimate of drug-likeness (QED) is 0.815. The summed E-state index contributed by atoms with van der Waals surface area (Å²) in [4.78, 5) is 22.4. The fourth-order valence-corrected chi connectivity index (χ4v) is 2.29. The van der Waals surface area contributed by atoms with E-state index in [1.165, 1.54) is 38.5 Å². The standard InChI is InChI=1S/C14H22N4O/c1-12-10-17-13(11-16-12)14(19)15-6-5-9-18-7-3-2-4-8-18/h10-11H,2-9H2,1H3,(H,15,19). The molecular formula is C14H22N4O. The van der Waals surface area contributed by atoms with Crippen molar-refractivity contribution in [3.63, 3.8) is 0 Å². The minimum absolute atomic E-state index is 0.133.